The van der Waals surface area contributed by atoms with E-state index in [1.165, 1.54) is 25.1 Å². The topological polar surface area (TPSA) is 103 Å². The van der Waals surface area contributed by atoms with E-state index < -0.39 is 5.97 Å². The summed E-state index contributed by atoms with van der Waals surface area (Å²) in [5.41, 5.74) is 5.94. The molecule has 0 radical (unpaired) electrons. The summed E-state index contributed by atoms with van der Waals surface area (Å²) in [6, 6.07) is 19.5. The van der Waals surface area contributed by atoms with E-state index in [4.69, 9.17) is 13.9 Å². The summed E-state index contributed by atoms with van der Waals surface area (Å²) < 4.78 is 16.4. The number of ether oxygens (including phenoxy) is 2. The molecular formula is C25H21N3O5S. The van der Waals surface area contributed by atoms with Gasteiger partial charge in [-0.3, -0.25) is 4.79 Å². The molecule has 0 saturated carbocycles. The Morgan fingerprint density at radius 3 is 2.74 bits per heavy atom. The summed E-state index contributed by atoms with van der Waals surface area (Å²) in [6.07, 6.45) is 1.47. The largest absolute Gasteiger partial charge is 0.493 e. The molecule has 0 aliphatic carbocycles. The number of aromatic nitrogens is 1. The highest BCUT2D eigenvalue weighted by Gasteiger charge is 2.13. The number of aryl methyl sites for hydroxylation is 1. The highest BCUT2D eigenvalue weighted by atomic mass is 32.2. The number of para-hydroxylation sites is 2. The van der Waals surface area contributed by atoms with Crippen molar-refractivity contribution in [2.45, 2.75) is 12.1 Å². The van der Waals surface area contributed by atoms with Gasteiger partial charge < -0.3 is 13.9 Å². The number of amides is 1. The Morgan fingerprint density at radius 2 is 1.94 bits per heavy atom. The highest BCUT2D eigenvalue weighted by Crippen LogP contribution is 2.28. The molecule has 1 N–H and O–H groups in total. The number of thioether (sulfide) groups is 1. The van der Waals surface area contributed by atoms with Crippen LogP contribution >= 0.6 is 11.8 Å². The van der Waals surface area contributed by atoms with E-state index in [-0.39, 0.29) is 17.4 Å². The Kier molecular flexibility index (Phi) is 7.24. The monoisotopic (exact) mass is 475 g/mol. The lowest BCUT2D eigenvalue weighted by Gasteiger charge is -2.10. The first kappa shape index (κ1) is 23.1. The number of fused-ring (bicyclic) bond motifs is 1. The van der Waals surface area contributed by atoms with Crippen molar-refractivity contribution in [2.75, 3.05) is 12.9 Å². The van der Waals surface area contributed by atoms with Crippen molar-refractivity contribution >= 4 is 41.0 Å². The van der Waals surface area contributed by atoms with Crippen molar-refractivity contribution < 1.29 is 23.5 Å². The lowest BCUT2D eigenvalue weighted by Crippen LogP contribution is -2.19. The quantitative estimate of drug-likeness (QED) is 0.131. The third-order valence-electron chi connectivity index (χ3n) is 4.65. The fraction of sp³-hybridized carbons (Fsp3) is 0.120. The molecule has 0 spiro atoms. The SMILES string of the molecule is COc1cc(/C=N\NC(=O)CSc2nc3ccccc3o2)ccc1OC(=O)c1cccc(C)c1. The van der Waals surface area contributed by atoms with Crippen LogP contribution in [-0.2, 0) is 4.79 Å². The number of rotatable bonds is 8. The number of benzene rings is 3. The second-order valence-corrected chi connectivity index (χ2v) is 8.13. The van der Waals surface area contributed by atoms with Crippen LogP contribution in [0.1, 0.15) is 21.5 Å². The van der Waals surface area contributed by atoms with Gasteiger partial charge in [-0.1, -0.05) is 41.6 Å². The lowest BCUT2D eigenvalue weighted by molar-refractivity contribution is -0.118. The zero-order valence-corrected chi connectivity index (χ0v) is 19.3. The molecule has 1 amide bonds. The maximum Gasteiger partial charge on any atom is 0.343 e. The standard InChI is InChI=1S/C25H21N3O5S/c1-16-6-5-7-18(12-16)24(30)32-21-11-10-17(13-22(21)31-2)14-26-28-23(29)15-34-25-27-19-8-3-4-9-20(19)33-25/h3-14H,15H2,1-2H3,(H,28,29)/b26-14-. The number of nitrogens with zero attached hydrogens (tertiary/aromatic N) is 2. The zero-order chi connectivity index (χ0) is 23.9. The first-order valence-electron chi connectivity index (χ1n) is 10.3. The average molecular weight is 476 g/mol. The number of hydrazone groups is 1. The van der Waals surface area contributed by atoms with E-state index in [1.54, 1.807) is 36.4 Å². The Hall–Kier alpha value is -4.11. The molecular weight excluding hydrogens is 454 g/mol. The van der Waals surface area contributed by atoms with E-state index in [2.05, 4.69) is 15.5 Å². The summed E-state index contributed by atoms with van der Waals surface area (Å²) >= 11 is 1.18. The summed E-state index contributed by atoms with van der Waals surface area (Å²) in [5.74, 6) is -0.0413. The van der Waals surface area contributed by atoms with Gasteiger partial charge in [0.25, 0.3) is 11.1 Å². The van der Waals surface area contributed by atoms with Gasteiger partial charge >= 0.3 is 5.97 Å². The number of hydrogen-bond donors (Lipinski definition) is 1. The molecule has 4 rings (SSSR count). The van der Waals surface area contributed by atoms with Crippen molar-refractivity contribution in [2.24, 2.45) is 5.10 Å². The third kappa shape index (κ3) is 5.81. The number of hydrogen-bond acceptors (Lipinski definition) is 8. The molecule has 0 aliphatic heterocycles. The van der Waals surface area contributed by atoms with Crippen LogP contribution in [0.2, 0.25) is 0 Å². The third-order valence-corrected chi connectivity index (χ3v) is 5.48. The fourth-order valence-corrected chi connectivity index (χ4v) is 3.66. The molecule has 1 aromatic heterocycles. The molecule has 0 bridgehead atoms. The van der Waals surface area contributed by atoms with Crippen molar-refractivity contribution in [1.29, 1.82) is 0 Å². The van der Waals surface area contributed by atoms with Crippen molar-refractivity contribution in [3.05, 3.63) is 83.4 Å². The van der Waals surface area contributed by atoms with Crippen LogP contribution in [-0.4, -0.2) is 35.9 Å². The minimum atomic E-state index is -0.480. The van der Waals surface area contributed by atoms with Gasteiger partial charge in [0.1, 0.15) is 5.52 Å². The zero-order valence-electron chi connectivity index (χ0n) is 18.5. The maximum atomic E-state index is 12.4. The van der Waals surface area contributed by atoms with Gasteiger partial charge in [-0.05, 0) is 55.0 Å². The second kappa shape index (κ2) is 10.7. The molecule has 9 heteroatoms. The summed E-state index contributed by atoms with van der Waals surface area (Å²) in [6.45, 7) is 1.90. The molecule has 4 aromatic rings. The van der Waals surface area contributed by atoms with Gasteiger partial charge in [0.2, 0.25) is 0 Å². The van der Waals surface area contributed by atoms with Crippen LogP contribution in [0.25, 0.3) is 11.1 Å². The Labute approximate surface area is 200 Å². The van der Waals surface area contributed by atoms with E-state index in [0.717, 1.165) is 11.1 Å². The molecule has 0 aliphatic rings. The lowest BCUT2D eigenvalue weighted by atomic mass is 10.1. The van der Waals surface area contributed by atoms with Crippen LogP contribution in [0.15, 0.2) is 81.5 Å². The first-order chi connectivity index (χ1) is 16.5. The molecule has 172 valence electrons. The van der Waals surface area contributed by atoms with Crippen molar-refractivity contribution in [1.82, 2.24) is 10.4 Å². The average Bonchev–Trinajstić information content (AvgIpc) is 3.26. The number of esters is 1. The predicted molar refractivity (Wildman–Crippen MR) is 130 cm³/mol. The summed E-state index contributed by atoms with van der Waals surface area (Å²) in [7, 11) is 1.48. The minimum absolute atomic E-state index is 0.0985. The van der Waals surface area contributed by atoms with Crippen LogP contribution in [0.3, 0.4) is 0 Å². The molecule has 34 heavy (non-hydrogen) atoms. The highest BCUT2D eigenvalue weighted by molar-refractivity contribution is 7.99. The first-order valence-corrected chi connectivity index (χ1v) is 11.3. The number of nitrogens with one attached hydrogen (secondary N) is 1. The minimum Gasteiger partial charge on any atom is -0.493 e. The predicted octanol–water partition coefficient (Wildman–Crippen LogP) is 4.61. The van der Waals surface area contributed by atoms with E-state index in [0.29, 0.717) is 27.7 Å². The number of carbonyl (C=O) groups is 2. The molecule has 3 aromatic carbocycles. The Bertz CT molecular complexity index is 1330. The van der Waals surface area contributed by atoms with Crippen molar-refractivity contribution in [3.8, 4) is 11.5 Å². The van der Waals surface area contributed by atoms with Crippen LogP contribution in [0, 0.1) is 6.92 Å². The Balaban J connectivity index is 1.32. The van der Waals surface area contributed by atoms with Gasteiger partial charge in [0.15, 0.2) is 17.1 Å². The van der Waals surface area contributed by atoms with E-state index in [1.807, 2.05) is 37.3 Å². The van der Waals surface area contributed by atoms with Gasteiger partial charge in [0.05, 0.1) is 24.6 Å². The van der Waals surface area contributed by atoms with E-state index >= 15 is 0 Å². The molecule has 0 fully saturated rings. The van der Waals surface area contributed by atoms with Crippen LogP contribution < -0.4 is 14.9 Å². The Morgan fingerprint density at radius 1 is 1.09 bits per heavy atom. The molecule has 0 unspecified atom stereocenters. The number of oxazole rings is 1. The molecule has 8 nitrogen and oxygen atoms in total. The smallest absolute Gasteiger partial charge is 0.343 e. The second-order valence-electron chi connectivity index (χ2n) is 7.20. The van der Waals surface area contributed by atoms with Gasteiger partial charge in [-0.2, -0.15) is 5.10 Å². The molecule has 0 atom stereocenters. The van der Waals surface area contributed by atoms with Crippen molar-refractivity contribution in [3.63, 3.8) is 0 Å². The maximum absolute atomic E-state index is 12.4. The number of carbonyl (C=O) groups excluding carboxylic acids is 2. The summed E-state index contributed by atoms with van der Waals surface area (Å²) in [4.78, 5) is 28.8. The number of methoxy groups -OCH3 is 1. The van der Waals surface area contributed by atoms with Crippen LogP contribution in [0.5, 0.6) is 11.5 Å². The fourth-order valence-electron chi connectivity index (χ4n) is 3.03. The van der Waals surface area contributed by atoms with E-state index in [9.17, 15) is 9.59 Å². The molecule has 0 saturated heterocycles. The molecule has 1 heterocycles. The van der Waals surface area contributed by atoms with Gasteiger partial charge in [0, 0.05) is 0 Å². The summed E-state index contributed by atoms with van der Waals surface area (Å²) in [5, 5.41) is 4.39. The normalized spacial score (nSPS) is 11.0. The van der Waals surface area contributed by atoms with Crippen LogP contribution in [0.4, 0.5) is 0 Å². The van der Waals surface area contributed by atoms with Gasteiger partial charge in [-0.15, -0.1) is 0 Å². The van der Waals surface area contributed by atoms with Gasteiger partial charge in [-0.25, -0.2) is 15.2 Å².